The van der Waals surface area contributed by atoms with E-state index < -0.39 is 11.5 Å². The Hall–Kier alpha value is -0.570. The van der Waals surface area contributed by atoms with E-state index in [0.717, 1.165) is 12.8 Å². The summed E-state index contributed by atoms with van der Waals surface area (Å²) in [5.74, 6) is -0.234. The molecule has 0 saturated carbocycles. The van der Waals surface area contributed by atoms with Crippen molar-refractivity contribution in [3.05, 3.63) is 0 Å². The standard InChI is InChI=1S/C18H36O3/c1-6-7-8-9-10-11-12-13-14-21-17(20)18(4,5)16(19)15(2)3/h15-16,19H,6-14H2,1-5H3. The Kier molecular flexibility index (Phi) is 10.8. The van der Waals surface area contributed by atoms with Crippen LogP contribution >= 0.6 is 0 Å². The van der Waals surface area contributed by atoms with Crippen molar-refractivity contribution in [2.75, 3.05) is 6.61 Å². The molecule has 1 N–H and O–H groups in total. The first-order chi connectivity index (χ1) is 9.84. The molecule has 0 heterocycles. The lowest BCUT2D eigenvalue weighted by molar-refractivity contribution is -0.162. The van der Waals surface area contributed by atoms with Gasteiger partial charge in [0.25, 0.3) is 0 Å². The van der Waals surface area contributed by atoms with Gasteiger partial charge in [0.15, 0.2) is 0 Å². The van der Waals surface area contributed by atoms with Crippen LogP contribution in [0.1, 0.15) is 86.0 Å². The van der Waals surface area contributed by atoms with Crippen molar-refractivity contribution in [3.8, 4) is 0 Å². The highest BCUT2D eigenvalue weighted by molar-refractivity contribution is 5.76. The van der Waals surface area contributed by atoms with Crippen molar-refractivity contribution in [2.45, 2.75) is 92.1 Å². The molecule has 126 valence electrons. The highest BCUT2D eigenvalue weighted by atomic mass is 16.5. The number of aliphatic hydroxyl groups excluding tert-OH is 1. The average molecular weight is 300 g/mol. The number of ether oxygens (including phenoxy) is 1. The molecule has 0 aromatic carbocycles. The number of aliphatic hydroxyl groups is 1. The van der Waals surface area contributed by atoms with E-state index >= 15 is 0 Å². The van der Waals surface area contributed by atoms with Crippen LogP contribution in [0.3, 0.4) is 0 Å². The summed E-state index contributed by atoms with van der Waals surface area (Å²) in [6.07, 6.45) is 9.17. The Morgan fingerprint density at radius 1 is 1.00 bits per heavy atom. The van der Waals surface area contributed by atoms with Gasteiger partial charge in [0.2, 0.25) is 0 Å². The van der Waals surface area contributed by atoms with Gasteiger partial charge in [-0.3, -0.25) is 4.79 Å². The first kappa shape index (κ1) is 20.4. The smallest absolute Gasteiger partial charge is 0.314 e. The topological polar surface area (TPSA) is 46.5 Å². The molecule has 0 fully saturated rings. The predicted octanol–water partition coefficient (Wildman–Crippen LogP) is 4.71. The zero-order chi connectivity index (χ0) is 16.3. The second kappa shape index (κ2) is 11.1. The summed E-state index contributed by atoms with van der Waals surface area (Å²) in [5, 5.41) is 10.1. The first-order valence-corrected chi connectivity index (χ1v) is 8.69. The summed E-state index contributed by atoms with van der Waals surface area (Å²) in [6.45, 7) is 10.0. The predicted molar refractivity (Wildman–Crippen MR) is 88.2 cm³/mol. The number of hydrogen-bond acceptors (Lipinski definition) is 3. The Morgan fingerprint density at radius 2 is 1.48 bits per heavy atom. The molecule has 0 amide bonds. The molecule has 0 spiro atoms. The molecule has 0 aliphatic carbocycles. The maximum atomic E-state index is 12.0. The molecule has 0 aromatic rings. The number of unbranched alkanes of at least 4 members (excludes halogenated alkanes) is 7. The van der Waals surface area contributed by atoms with Gasteiger partial charge in [-0.25, -0.2) is 0 Å². The maximum Gasteiger partial charge on any atom is 0.314 e. The fourth-order valence-corrected chi connectivity index (χ4v) is 2.54. The van der Waals surface area contributed by atoms with Gasteiger partial charge in [0, 0.05) is 0 Å². The third-order valence-corrected chi connectivity index (χ3v) is 4.13. The van der Waals surface area contributed by atoms with Crippen LogP contribution in [0.4, 0.5) is 0 Å². The van der Waals surface area contributed by atoms with Gasteiger partial charge >= 0.3 is 5.97 Å². The van der Waals surface area contributed by atoms with E-state index in [2.05, 4.69) is 6.92 Å². The van der Waals surface area contributed by atoms with Gasteiger partial charge in [-0.05, 0) is 26.2 Å². The summed E-state index contributed by atoms with van der Waals surface area (Å²) < 4.78 is 5.32. The van der Waals surface area contributed by atoms with Crippen molar-refractivity contribution in [1.82, 2.24) is 0 Å². The number of carbonyl (C=O) groups is 1. The van der Waals surface area contributed by atoms with E-state index in [1.54, 1.807) is 13.8 Å². The zero-order valence-electron chi connectivity index (χ0n) is 14.8. The minimum absolute atomic E-state index is 0.0515. The molecule has 0 aromatic heterocycles. The van der Waals surface area contributed by atoms with Crippen LogP contribution in [-0.4, -0.2) is 23.8 Å². The molecule has 0 rings (SSSR count). The molecule has 0 radical (unpaired) electrons. The van der Waals surface area contributed by atoms with E-state index in [-0.39, 0.29) is 11.9 Å². The van der Waals surface area contributed by atoms with Crippen LogP contribution in [0, 0.1) is 11.3 Å². The Bertz CT molecular complexity index is 272. The monoisotopic (exact) mass is 300 g/mol. The highest BCUT2D eigenvalue weighted by Gasteiger charge is 2.38. The highest BCUT2D eigenvalue weighted by Crippen LogP contribution is 2.27. The quantitative estimate of drug-likeness (QED) is 0.419. The van der Waals surface area contributed by atoms with Gasteiger partial charge < -0.3 is 9.84 Å². The van der Waals surface area contributed by atoms with E-state index in [9.17, 15) is 9.90 Å². The fourth-order valence-electron chi connectivity index (χ4n) is 2.54. The van der Waals surface area contributed by atoms with Gasteiger partial charge in [0.05, 0.1) is 18.1 Å². The second-order valence-electron chi connectivity index (χ2n) is 7.02. The molecular formula is C18H36O3. The zero-order valence-corrected chi connectivity index (χ0v) is 14.8. The molecule has 0 bridgehead atoms. The Balaban J connectivity index is 3.70. The lowest BCUT2D eigenvalue weighted by Crippen LogP contribution is -2.41. The Labute approximate surface area is 131 Å². The molecule has 3 heteroatoms. The van der Waals surface area contributed by atoms with E-state index in [0.29, 0.717) is 6.61 Å². The molecule has 21 heavy (non-hydrogen) atoms. The summed E-state index contributed by atoms with van der Waals surface area (Å²) in [4.78, 5) is 12.0. The van der Waals surface area contributed by atoms with Crippen molar-refractivity contribution in [1.29, 1.82) is 0 Å². The summed E-state index contributed by atoms with van der Waals surface area (Å²) in [7, 11) is 0. The van der Waals surface area contributed by atoms with Crippen molar-refractivity contribution in [3.63, 3.8) is 0 Å². The maximum absolute atomic E-state index is 12.0. The van der Waals surface area contributed by atoms with Crippen molar-refractivity contribution in [2.24, 2.45) is 11.3 Å². The first-order valence-electron chi connectivity index (χ1n) is 8.69. The van der Waals surface area contributed by atoms with Crippen LogP contribution < -0.4 is 0 Å². The SMILES string of the molecule is CCCCCCCCCCOC(=O)C(C)(C)C(O)C(C)C. The molecule has 0 saturated heterocycles. The molecule has 1 atom stereocenters. The third kappa shape index (κ3) is 8.45. The van der Waals surface area contributed by atoms with Gasteiger partial charge in [-0.15, -0.1) is 0 Å². The Morgan fingerprint density at radius 3 is 1.95 bits per heavy atom. The minimum Gasteiger partial charge on any atom is -0.465 e. The van der Waals surface area contributed by atoms with Crippen LogP contribution in [0.5, 0.6) is 0 Å². The van der Waals surface area contributed by atoms with Crippen molar-refractivity contribution >= 4 is 5.97 Å². The largest absolute Gasteiger partial charge is 0.465 e. The lowest BCUT2D eigenvalue weighted by atomic mass is 9.81. The number of esters is 1. The van der Waals surface area contributed by atoms with Crippen LogP contribution in [0.25, 0.3) is 0 Å². The molecule has 0 aliphatic heterocycles. The molecule has 3 nitrogen and oxygen atoms in total. The van der Waals surface area contributed by atoms with Crippen LogP contribution in [-0.2, 0) is 9.53 Å². The van der Waals surface area contributed by atoms with Gasteiger partial charge in [-0.2, -0.15) is 0 Å². The summed E-state index contributed by atoms with van der Waals surface area (Å²) in [6, 6.07) is 0. The molecule has 0 aliphatic rings. The van der Waals surface area contributed by atoms with Gasteiger partial charge in [-0.1, -0.05) is 65.7 Å². The van der Waals surface area contributed by atoms with Gasteiger partial charge in [0.1, 0.15) is 0 Å². The minimum atomic E-state index is -0.825. The van der Waals surface area contributed by atoms with E-state index in [4.69, 9.17) is 4.74 Å². The molecular weight excluding hydrogens is 264 g/mol. The third-order valence-electron chi connectivity index (χ3n) is 4.13. The van der Waals surface area contributed by atoms with Crippen LogP contribution in [0.2, 0.25) is 0 Å². The van der Waals surface area contributed by atoms with E-state index in [1.807, 2.05) is 13.8 Å². The fraction of sp³-hybridized carbons (Fsp3) is 0.944. The number of rotatable bonds is 12. The summed E-state index contributed by atoms with van der Waals surface area (Å²) >= 11 is 0. The van der Waals surface area contributed by atoms with Crippen LogP contribution in [0.15, 0.2) is 0 Å². The van der Waals surface area contributed by atoms with E-state index in [1.165, 1.54) is 38.5 Å². The average Bonchev–Trinajstić information content (AvgIpc) is 2.44. The summed E-state index contributed by atoms with van der Waals surface area (Å²) in [5.41, 5.74) is -0.825. The second-order valence-corrected chi connectivity index (χ2v) is 7.02. The molecule has 1 unspecified atom stereocenters. The number of hydrogen-bond donors (Lipinski definition) is 1. The normalized spacial score (nSPS) is 13.5. The lowest BCUT2D eigenvalue weighted by Gasteiger charge is -2.30. The number of carbonyl (C=O) groups excluding carboxylic acids is 1. The van der Waals surface area contributed by atoms with Crippen molar-refractivity contribution < 1.29 is 14.6 Å².